The molecular weight excluding hydrogens is 484 g/mol. The summed E-state index contributed by atoms with van der Waals surface area (Å²) >= 11 is 0. The van der Waals surface area contributed by atoms with Crippen molar-refractivity contribution in [3.63, 3.8) is 0 Å². The van der Waals surface area contributed by atoms with Crippen molar-refractivity contribution in [1.82, 2.24) is 0 Å². The summed E-state index contributed by atoms with van der Waals surface area (Å²) in [6.45, 7) is 2.13. The third-order valence-electron chi connectivity index (χ3n) is 7.59. The average Bonchev–Trinajstić information content (AvgIpc) is 3.02. The van der Waals surface area contributed by atoms with E-state index in [1.54, 1.807) is 0 Å². The summed E-state index contributed by atoms with van der Waals surface area (Å²) in [5.74, 6) is 0.188. The molecule has 0 amide bonds. The number of nitriles is 1. The van der Waals surface area contributed by atoms with Crippen LogP contribution >= 0.6 is 0 Å². The molecule has 1 atom stereocenters. The van der Waals surface area contributed by atoms with Crippen molar-refractivity contribution in [3.05, 3.63) is 151 Å². The molecule has 5 aromatic carbocycles. The predicted octanol–water partition coefficient (Wildman–Crippen LogP) is 10.3. The van der Waals surface area contributed by atoms with Crippen molar-refractivity contribution < 1.29 is 0 Å². The quantitative estimate of drug-likeness (QED) is 0.245. The molecule has 1 unspecified atom stereocenters. The van der Waals surface area contributed by atoms with Crippen molar-refractivity contribution >= 4 is 16.9 Å². The largest absolute Gasteiger partial charge is 0.355 e. The van der Waals surface area contributed by atoms with Gasteiger partial charge >= 0.3 is 0 Å². The Morgan fingerprint density at radius 3 is 1.80 bits per heavy atom. The molecule has 0 aliphatic heterocycles. The summed E-state index contributed by atoms with van der Waals surface area (Å²) in [7, 11) is 0. The van der Waals surface area contributed by atoms with Crippen LogP contribution in [0.2, 0.25) is 0 Å². The molecule has 1 aliphatic rings. The van der Waals surface area contributed by atoms with Gasteiger partial charge in [0.15, 0.2) is 0 Å². The molecule has 6 rings (SSSR count). The maximum Gasteiger partial charge on any atom is 0.0950 e. The van der Waals surface area contributed by atoms with Crippen LogP contribution < -0.4 is 5.32 Å². The highest BCUT2D eigenvalue weighted by molar-refractivity contribution is 5.85. The molecule has 0 spiro atoms. The van der Waals surface area contributed by atoms with Crippen LogP contribution in [0, 0.1) is 17.2 Å². The van der Waals surface area contributed by atoms with Gasteiger partial charge in [-0.2, -0.15) is 5.26 Å². The second-order valence-corrected chi connectivity index (χ2v) is 10.3. The van der Waals surface area contributed by atoms with Crippen LogP contribution in [0.4, 0.5) is 11.4 Å². The fraction of sp³-hybridized carbons (Fsp3) is 0.0789. The lowest BCUT2D eigenvalue weighted by molar-refractivity contribution is 0.719. The summed E-state index contributed by atoms with van der Waals surface area (Å²) < 4.78 is 0. The van der Waals surface area contributed by atoms with Crippen molar-refractivity contribution in [2.75, 3.05) is 5.32 Å². The second kappa shape index (κ2) is 11.3. The number of anilines is 2. The number of nitrogens with one attached hydrogen (secondary N) is 1. The van der Waals surface area contributed by atoms with Crippen molar-refractivity contribution in [2.24, 2.45) is 5.92 Å². The average molecular weight is 515 g/mol. The van der Waals surface area contributed by atoms with E-state index in [9.17, 15) is 5.26 Å². The number of rotatable bonds is 6. The smallest absolute Gasteiger partial charge is 0.0950 e. The molecular formula is C38H30N2. The molecule has 0 saturated carbocycles. The zero-order chi connectivity index (χ0) is 27.3. The molecule has 2 nitrogen and oxygen atoms in total. The Hall–Kier alpha value is -5.13. The number of allylic oxidation sites excluding steroid dienone is 4. The van der Waals surface area contributed by atoms with Gasteiger partial charge in [-0.15, -0.1) is 0 Å². The predicted molar refractivity (Wildman–Crippen MR) is 168 cm³/mol. The van der Waals surface area contributed by atoms with Crippen LogP contribution in [0.15, 0.2) is 145 Å². The van der Waals surface area contributed by atoms with Crippen LogP contribution in [-0.2, 0) is 0 Å². The number of nitrogens with zero attached hydrogens (tertiary/aromatic N) is 1. The van der Waals surface area contributed by atoms with E-state index < -0.39 is 0 Å². The van der Waals surface area contributed by atoms with E-state index in [1.165, 1.54) is 39.0 Å². The zero-order valence-corrected chi connectivity index (χ0v) is 22.5. The van der Waals surface area contributed by atoms with Crippen LogP contribution in [0.25, 0.3) is 39.0 Å². The Morgan fingerprint density at radius 1 is 0.600 bits per heavy atom. The first-order valence-corrected chi connectivity index (χ1v) is 13.7. The standard InChI is InChI=1S/C38H30N2/c1-27-23-34(15-16-35(27)26-39)37-25-33(32-14-8-13-31(24-32)29-11-6-3-7-12-29)19-22-38(37)40-36-20-17-30(18-21-36)28-9-4-2-5-10-28/h2-22,24-25,27,40H,23H2,1H3. The molecule has 0 aromatic heterocycles. The van der Waals surface area contributed by atoms with Gasteiger partial charge in [-0.3, -0.25) is 0 Å². The molecule has 1 aliphatic carbocycles. The first kappa shape index (κ1) is 25.2. The van der Waals surface area contributed by atoms with Crippen LogP contribution in [0.3, 0.4) is 0 Å². The summed E-state index contributed by atoms with van der Waals surface area (Å²) in [4.78, 5) is 0. The van der Waals surface area contributed by atoms with Gasteiger partial charge in [0.25, 0.3) is 0 Å². The lowest BCUT2D eigenvalue weighted by Gasteiger charge is -2.22. The second-order valence-electron chi connectivity index (χ2n) is 10.3. The zero-order valence-electron chi connectivity index (χ0n) is 22.5. The Morgan fingerprint density at radius 2 is 1.15 bits per heavy atom. The van der Waals surface area contributed by atoms with E-state index >= 15 is 0 Å². The summed E-state index contributed by atoms with van der Waals surface area (Å²) in [6.07, 6.45) is 4.92. The van der Waals surface area contributed by atoms with Gasteiger partial charge in [-0.05, 0) is 87.7 Å². The minimum absolute atomic E-state index is 0.188. The van der Waals surface area contributed by atoms with E-state index in [2.05, 4.69) is 140 Å². The van der Waals surface area contributed by atoms with Gasteiger partial charge < -0.3 is 5.32 Å². The molecule has 2 heteroatoms. The number of hydrogen-bond donors (Lipinski definition) is 1. The number of hydrogen-bond acceptors (Lipinski definition) is 2. The summed E-state index contributed by atoms with van der Waals surface area (Å²) in [6, 6.07) is 47.2. The highest BCUT2D eigenvalue weighted by Crippen LogP contribution is 2.38. The van der Waals surface area contributed by atoms with E-state index in [0.717, 1.165) is 28.9 Å². The Balaban J connectivity index is 1.37. The normalized spacial score (nSPS) is 14.6. The minimum Gasteiger partial charge on any atom is -0.355 e. The Kier molecular flexibility index (Phi) is 7.12. The van der Waals surface area contributed by atoms with Gasteiger partial charge in [0.05, 0.1) is 6.07 Å². The van der Waals surface area contributed by atoms with Gasteiger partial charge in [0.1, 0.15) is 0 Å². The van der Waals surface area contributed by atoms with Crippen LogP contribution in [-0.4, -0.2) is 0 Å². The fourth-order valence-corrected chi connectivity index (χ4v) is 5.35. The highest BCUT2D eigenvalue weighted by Gasteiger charge is 2.19. The first-order chi connectivity index (χ1) is 19.7. The molecule has 5 aromatic rings. The van der Waals surface area contributed by atoms with Crippen molar-refractivity contribution in [3.8, 4) is 39.4 Å². The molecule has 0 bridgehead atoms. The Labute approximate surface area is 236 Å². The van der Waals surface area contributed by atoms with Gasteiger partial charge in [0, 0.05) is 22.5 Å². The fourth-order valence-electron chi connectivity index (χ4n) is 5.35. The molecule has 0 fully saturated rings. The maximum atomic E-state index is 9.53. The molecule has 0 saturated heterocycles. The highest BCUT2D eigenvalue weighted by atomic mass is 14.9. The van der Waals surface area contributed by atoms with Gasteiger partial charge in [-0.25, -0.2) is 0 Å². The van der Waals surface area contributed by atoms with Crippen LogP contribution in [0.5, 0.6) is 0 Å². The lowest BCUT2D eigenvalue weighted by atomic mass is 9.84. The van der Waals surface area contributed by atoms with Crippen LogP contribution in [0.1, 0.15) is 18.9 Å². The first-order valence-electron chi connectivity index (χ1n) is 13.7. The monoisotopic (exact) mass is 514 g/mol. The topological polar surface area (TPSA) is 35.8 Å². The third kappa shape index (κ3) is 5.37. The third-order valence-corrected chi connectivity index (χ3v) is 7.59. The van der Waals surface area contributed by atoms with E-state index in [0.29, 0.717) is 0 Å². The Bertz CT molecular complexity index is 1740. The molecule has 40 heavy (non-hydrogen) atoms. The summed E-state index contributed by atoms with van der Waals surface area (Å²) in [5.41, 5.74) is 12.5. The molecule has 0 radical (unpaired) electrons. The SMILES string of the molecule is CC1CC(c2cc(-c3cccc(-c4ccccc4)c3)ccc2Nc2ccc(-c3ccccc3)cc2)=CC=C1C#N. The minimum atomic E-state index is 0.188. The van der Waals surface area contributed by atoms with E-state index in [-0.39, 0.29) is 5.92 Å². The van der Waals surface area contributed by atoms with Gasteiger partial charge in [0.2, 0.25) is 0 Å². The lowest BCUT2D eigenvalue weighted by Crippen LogP contribution is -2.05. The van der Waals surface area contributed by atoms with E-state index in [4.69, 9.17) is 0 Å². The van der Waals surface area contributed by atoms with Crippen molar-refractivity contribution in [1.29, 1.82) is 5.26 Å². The maximum absolute atomic E-state index is 9.53. The molecule has 0 heterocycles. The molecule has 192 valence electrons. The van der Waals surface area contributed by atoms with Gasteiger partial charge in [-0.1, -0.05) is 110 Å². The molecule has 1 N–H and O–H groups in total. The van der Waals surface area contributed by atoms with E-state index in [1.807, 2.05) is 18.2 Å². The number of benzene rings is 5. The summed E-state index contributed by atoms with van der Waals surface area (Å²) in [5, 5.41) is 13.2. The van der Waals surface area contributed by atoms with Crippen molar-refractivity contribution in [2.45, 2.75) is 13.3 Å².